The van der Waals surface area contributed by atoms with Gasteiger partial charge in [0.25, 0.3) is 0 Å². The molecule has 1 atom stereocenters. The molecule has 0 aromatic heterocycles. The molecule has 12 heavy (non-hydrogen) atoms. The van der Waals surface area contributed by atoms with Crippen LogP contribution in [0.5, 0.6) is 0 Å². The number of ether oxygens (including phenoxy) is 1. The second kappa shape index (κ2) is 4.58. The Morgan fingerprint density at radius 3 is 3.00 bits per heavy atom. The number of carbonyl (C=O) groups is 1. The zero-order valence-electron chi connectivity index (χ0n) is 7.88. The fourth-order valence-corrected chi connectivity index (χ4v) is 1.41. The molecule has 1 fully saturated rings. The lowest BCUT2D eigenvalue weighted by Gasteiger charge is -2.29. The zero-order chi connectivity index (χ0) is 8.97. The number of ketones is 1. The van der Waals surface area contributed by atoms with E-state index in [1.807, 2.05) is 0 Å². The first-order valence-electron chi connectivity index (χ1n) is 4.48. The maximum absolute atomic E-state index is 10.7. The van der Waals surface area contributed by atoms with Crippen LogP contribution in [0.4, 0.5) is 0 Å². The van der Waals surface area contributed by atoms with E-state index in [2.05, 4.69) is 11.9 Å². The smallest absolute Gasteiger partial charge is 0.129 e. The molecule has 0 aromatic carbocycles. The van der Waals surface area contributed by atoms with Crippen LogP contribution in [0.1, 0.15) is 19.8 Å². The first kappa shape index (κ1) is 9.68. The molecule has 3 nitrogen and oxygen atoms in total. The van der Waals surface area contributed by atoms with E-state index in [1.165, 1.54) is 0 Å². The predicted octanol–water partition coefficient (Wildman–Crippen LogP) is 0.686. The minimum absolute atomic E-state index is 0.256. The van der Waals surface area contributed by atoms with E-state index >= 15 is 0 Å². The highest BCUT2D eigenvalue weighted by atomic mass is 16.5. The summed E-state index contributed by atoms with van der Waals surface area (Å²) >= 11 is 0. The van der Waals surface area contributed by atoms with E-state index < -0.39 is 0 Å². The number of carbonyl (C=O) groups excluding carboxylic acids is 1. The lowest BCUT2D eigenvalue weighted by molar-refractivity contribution is -0.118. The Bertz CT molecular complexity index is 159. The molecule has 0 bridgehead atoms. The quantitative estimate of drug-likeness (QED) is 0.625. The number of Topliss-reactive ketones (excluding diaryl/α,β-unsaturated/α-hetero) is 1. The van der Waals surface area contributed by atoms with Gasteiger partial charge >= 0.3 is 0 Å². The summed E-state index contributed by atoms with van der Waals surface area (Å²) < 4.78 is 5.50. The van der Waals surface area contributed by atoms with Crippen molar-refractivity contribution in [1.82, 2.24) is 4.90 Å². The van der Waals surface area contributed by atoms with Gasteiger partial charge < -0.3 is 14.4 Å². The van der Waals surface area contributed by atoms with E-state index in [0.717, 1.165) is 26.1 Å². The van der Waals surface area contributed by atoms with E-state index in [0.29, 0.717) is 6.42 Å². The predicted molar refractivity (Wildman–Crippen MR) is 47.2 cm³/mol. The van der Waals surface area contributed by atoms with Crippen LogP contribution < -0.4 is 0 Å². The van der Waals surface area contributed by atoms with Crippen molar-refractivity contribution in [3.05, 3.63) is 0 Å². The van der Waals surface area contributed by atoms with Crippen LogP contribution >= 0.6 is 0 Å². The van der Waals surface area contributed by atoms with Gasteiger partial charge in [0.2, 0.25) is 0 Å². The average Bonchev–Trinajstić information content (AvgIpc) is 2.01. The lowest BCUT2D eigenvalue weighted by Crippen LogP contribution is -2.40. The fourth-order valence-electron chi connectivity index (χ4n) is 1.41. The first-order valence-corrected chi connectivity index (χ1v) is 4.48. The Kier molecular flexibility index (Phi) is 3.69. The summed E-state index contributed by atoms with van der Waals surface area (Å²) in [6.07, 6.45) is 1.80. The van der Waals surface area contributed by atoms with Crippen LogP contribution in [0.15, 0.2) is 0 Å². The highest BCUT2D eigenvalue weighted by Gasteiger charge is 2.17. The van der Waals surface area contributed by atoms with Crippen molar-refractivity contribution in [2.75, 3.05) is 26.7 Å². The lowest BCUT2D eigenvalue weighted by atomic mass is 10.1. The third-order valence-corrected chi connectivity index (χ3v) is 2.16. The van der Waals surface area contributed by atoms with Crippen molar-refractivity contribution in [3.63, 3.8) is 0 Å². The highest BCUT2D eigenvalue weighted by Crippen LogP contribution is 2.08. The Hall–Kier alpha value is -0.410. The van der Waals surface area contributed by atoms with Crippen LogP contribution in [0.25, 0.3) is 0 Å². The van der Waals surface area contributed by atoms with Crippen molar-refractivity contribution in [2.45, 2.75) is 25.9 Å². The van der Waals surface area contributed by atoms with Crippen molar-refractivity contribution in [1.29, 1.82) is 0 Å². The molecule has 70 valence electrons. The van der Waals surface area contributed by atoms with Gasteiger partial charge in [-0.3, -0.25) is 0 Å². The average molecular weight is 171 g/mol. The van der Waals surface area contributed by atoms with Crippen LogP contribution in [0.2, 0.25) is 0 Å². The molecule has 0 N–H and O–H groups in total. The zero-order valence-corrected chi connectivity index (χ0v) is 7.88. The minimum Gasteiger partial charge on any atom is -0.376 e. The molecule has 0 aromatic rings. The molecule has 1 aliphatic rings. The number of hydrogen-bond acceptors (Lipinski definition) is 3. The van der Waals surface area contributed by atoms with Gasteiger partial charge in [0.1, 0.15) is 5.78 Å². The molecule has 1 rings (SSSR count). The number of morpholine rings is 1. The summed E-state index contributed by atoms with van der Waals surface area (Å²) in [6, 6.07) is 0. The monoisotopic (exact) mass is 171 g/mol. The molecule has 3 heteroatoms. The number of rotatable bonds is 3. The van der Waals surface area contributed by atoms with Gasteiger partial charge in [0.15, 0.2) is 0 Å². The summed E-state index contributed by atoms with van der Waals surface area (Å²) in [5, 5.41) is 0. The second-order valence-electron chi connectivity index (χ2n) is 3.50. The molecule has 0 radical (unpaired) electrons. The van der Waals surface area contributed by atoms with Gasteiger partial charge in [0.05, 0.1) is 12.7 Å². The Morgan fingerprint density at radius 2 is 2.42 bits per heavy atom. The van der Waals surface area contributed by atoms with Gasteiger partial charge in [-0.25, -0.2) is 0 Å². The largest absolute Gasteiger partial charge is 0.376 e. The summed E-state index contributed by atoms with van der Waals surface area (Å²) in [7, 11) is 2.09. The fraction of sp³-hybridized carbons (Fsp3) is 0.889. The van der Waals surface area contributed by atoms with Gasteiger partial charge in [-0.05, 0) is 20.4 Å². The Balaban J connectivity index is 2.18. The number of likely N-dealkylation sites (N-methyl/N-ethyl adjacent to an activating group) is 1. The number of nitrogens with zero attached hydrogens (tertiary/aromatic N) is 1. The molecule has 1 heterocycles. The second-order valence-corrected chi connectivity index (χ2v) is 3.50. The molecule has 1 saturated heterocycles. The number of hydrogen-bond donors (Lipinski definition) is 0. The first-order chi connectivity index (χ1) is 5.68. The van der Waals surface area contributed by atoms with Crippen molar-refractivity contribution in [2.24, 2.45) is 0 Å². The Morgan fingerprint density at radius 1 is 1.67 bits per heavy atom. The molecular formula is C9H17NO2. The van der Waals surface area contributed by atoms with Gasteiger partial charge in [-0.15, -0.1) is 0 Å². The summed E-state index contributed by atoms with van der Waals surface area (Å²) in [5.41, 5.74) is 0. The van der Waals surface area contributed by atoms with Crippen molar-refractivity contribution >= 4 is 5.78 Å². The maximum Gasteiger partial charge on any atom is 0.129 e. The van der Waals surface area contributed by atoms with Crippen LogP contribution in [0.3, 0.4) is 0 Å². The van der Waals surface area contributed by atoms with E-state index in [-0.39, 0.29) is 11.9 Å². The Labute approximate surface area is 73.7 Å². The van der Waals surface area contributed by atoms with Crippen LogP contribution in [-0.2, 0) is 9.53 Å². The SMILES string of the molecule is CC(=O)CCC1CN(C)CCO1. The van der Waals surface area contributed by atoms with Crippen molar-refractivity contribution < 1.29 is 9.53 Å². The van der Waals surface area contributed by atoms with E-state index in [4.69, 9.17) is 4.74 Å². The highest BCUT2D eigenvalue weighted by molar-refractivity contribution is 5.75. The van der Waals surface area contributed by atoms with Gasteiger partial charge in [0, 0.05) is 19.5 Å². The molecule has 0 aliphatic carbocycles. The molecular weight excluding hydrogens is 154 g/mol. The van der Waals surface area contributed by atoms with Crippen LogP contribution in [0, 0.1) is 0 Å². The summed E-state index contributed by atoms with van der Waals surface area (Å²) in [4.78, 5) is 12.9. The maximum atomic E-state index is 10.7. The van der Waals surface area contributed by atoms with Gasteiger partial charge in [-0.1, -0.05) is 0 Å². The molecule has 0 amide bonds. The van der Waals surface area contributed by atoms with Crippen molar-refractivity contribution in [3.8, 4) is 0 Å². The molecule has 0 spiro atoms. The normalized spacial score (nSPS) is 25.7. The summed E-state index contributed by atoms with van der Waals surface area (Å²) in [5.74, 6) is 0.256. The molecule has 0 saturated carbocycles. The molecule has 1 aliphatic heterocycles. The van der Waals surface area contributed by atoms with E-state index in [9.17, 15) is 4.79 Å². The summed E-state index contributed by atoms with van der Waals surface area (Å²) in [6.45, 7) is 4.41. The van der Waals surface area contributed by atoms with Gasteiger partial charge in [-0.2, -0.15) is 0 Å². The van der Waals surface area contributed by atoms with E-state index in [1.54, 1.807) is 6.92 Å². The third kappa shape index (κ3) is 3.32. The van der Waals surface area contributed by atoms with Crippen LogP contribution in [-0.4, -0.2) is 43.5 Å². The standard InChI is InChI=1S/C9H17NO2/c1-8(11)3-4-9-7-10(2)5-6-12-9/h9H,3-7H2,1-2H3. The molecule has 1 unspecified atom stereocenters. The topological polar surface area (TPSA) is 29.5 Å². The minimum atomic E-state index is 0.256. The third-order valence-electron chi connectivity index (χ3n) is 2.16.